The standard InChI is InChI=1S/C11H13NOS/c1-8(2)12-9-5-3-4-6-10(9)14-7-11(12)13/h3-6,8H,7H2,1-2H3. The molecule has 1 aromatic rings. The highest BCUT2D eigenvalue weighted by atomic mass is 32.2. The minimum Gasteiger partial charge on any atom is -0.308 e. The summed E-state index contributed by atoms with van der Waals surface area (Å²) < 4.78 is 0. The Bertz CT molecular complexity index is 362. The Balaban J connectivity index is 2.46. The van der Waals surface area contributed by atoms with Crippen LogP contribution in [0.2, 0.25) is 0 Å². The molecule has 0 bridgehead atoms. The second-order valence-corrected chi connectivity index (χ2v) is 4.63. The van der Waals surface area contributed by atoms with Gasteiger partial charge in [-0.25, -0.2) is 0 Å². The third kappa shape index (κ3) is 1.52. The van der Waals surface area contributed by atoms with Crippen molar-refractivity contribution in [1.82, 2.24) is 0 Å². The lowest BCUT2D eigenvalue weighted by molar-refractivity contribution is -0.116. The fraction of sp³-hybridized carbons (Fsp3) is 0.364. The molecule has 0 spiro atoms. The molecule has 1 heterocycles. The smallest absolute Gasteiger partial charge is 0.237 e. The van der Waals surface area contributed by atoms with E-state index in [9.17, 15) is 4.79 Å². The number of hydrogen-bond donors (Lipinski definition) is 0. The fourth-order valence-corrected chi connectivity index (χ4v) is 2.59. The van der Waals surface area contributed by atoms with Crippen molar-refractivity contribution in [3.05, 3.63) is 24.3 Å². The first-order valence-corrected chi connectivity index (χ1v) is 5.72. The topological polar surface area (TPSA) is 20.3 Å². The van der Waals surface area contributed by atoms with Crippen LogP contribution in [-0.2, 0) is 4.79 Å². The zero-order valence-electron chi connectivity index (χ0n) is 8.36. The first-order chi connectivity index (χ1) is 6.70. The first kappa shape index (κ1) is 9.59. The van der Waals surface area contributed by atoms with Crippen molar-refractivity contribution >= 4 is 23.4 Å². The normalized spacial score (nSPS) is 15.9. The molecule has 0 aromatic heterocycles. The van der Waals surface area contributed by atoms with Gasteiger partial charge in [0, 0.05) is 10.9 Å². The lowest BCUT2D eigenvalue weighted by Crippen LogP contribution is -2.40. The Morgan fingerprint density at radius 3 is 2.79 bits per heavy atom. The average molecular weight is 207 g/mol. The van der Waals surface area contributed by atoms with Crippen LogP contribution in [0, 0.1) is 0 Å². The van der Waals surface area contributed by atoms with E-state index in [-0.39, 0.29) is 11.9 Å². The van der Waals surface area contributed by atoms with E-state index in [4.69, 9.17) is 0 Å². The highest BCUT2D eigenvalue weighted by Gasteiger charge is 2.25. The molecular weight excluding hydrogens is 194 g/mol. The minimum absolute atomic E-state index is 0.212. The van der Waals surface area contributed by atoms with Gasteiger partial charge in [0.05, 0.1) is 11.4 Å². The number of benzene rings is 1. The molecule has 0 atom stereocenters. The number of amides is 1. The third-order valence-corrected chi connectivity index (χ3v) is 3.31. The fourth-order valence-electron chi connectivity index (χ4n) is 1.69. The largest absolute Gasteiger partial charge is 0.308 e. The van der Waals surface area contributed by atoms with Gasteiger partial charge in [0.15, 0.2) is 0 Å². The maximum atomic E-state index is 11.7. The van der Waals surface area contributed by atoms with Gasteiger partial charge in [0.25, 0.3) is 0 Å². The van der Waals surface area contributed by atoms with Crippen molar-refractivity contribution in [1.29, 1.82) is 0 Å². The van der Waals surface area contributed by atoms with E-state index >= 15 is 0 Å². The molecular formula is C11H13NOS. The second kappa shape index (κ2) is 3.65. The Morgan fingerprint density at radius 2 is 2.07 bits per heavy atom. The van der Waals surface area contributed by atoms with E-state index in [1.165, 1.54) is 4.90 Å². The summed E-state index contributed by atoms with van der Waals surface area (Å²) in [6.45, 7) is 4.09. The summed E-state index contributed by atoms with van der Waals surface area (Å²) in [5.74, 6) is 0.776. The van der Waals surface area contributed by atoms with Crippen LogP contribution < -0.4 is 4.90 Å². The van der Waals surface area contributed by atoms with Gasteiger partial charge >= 0.3 is 0 Å². The first-order valence-electron chi connectivity index (χ1n) is 4.74. The molecule has 0 fully saturated rings. The quantitative estimate of drug-likeness (QED) is 0.705. The molecule has 0 unspecified atom stereocenters. The van der Waals surface area contributed by atoms with Crippen molar-refractivity contribution in [2.24, 2.45) is 0 Å². The molecule has 1 amide bonds. The number of para-hydroxylation sites is 1. The predicted molar refractivity (Wildman–Crippen MR) is 59.8 cm³/mol. The average Bonchev–Trinajstić information content (AvgIpc) is 2.17. The van der Waals surface area contributed by atoms with Crippen molar-refractivity contribution in [2.45, 2.75) is 24.8 Å². The van der Waals surface area contributed by atoms with Crippen LogP contribution in [0.4, 0.5) is 5.69 Å². The highest BCUT2D eigenvalue weighted by molar-refractivity contribution is 8.00. The molecule has 2 nitrogen and oxygen atoms in total. The van der Waals surface area contributed by atoms with Gasteiger partial charge < -0.3 is 4.90 Å². The van der Waals surface area contributed by atoms with Crippen molar-refractivity contribution < 1.29 is 4.79 Å². The summed E-state index contributed by atoms with van der Waals surface area (Å²) in [5.41, 5.74) is 1.06. The zero-order valence-corrected chi connectivity index (χ0v) is 9.17. The number of hydrogen-bond acceptors (Lipinski definition) is 2. The molecule has 1 aliphatic rings. The Morgan fingerprint density at radius 1 is 1.36 bits per heavy atom. The van der Waals surface area contributed by atoms with Crippen molar-refractivity contribution in [3.63, 3.8) is 0 Å². The van der Waals surface area contributed by atoms with Gasteiger partial charge in [0.2, 0.25) is 5.91 Å². The second-order valence-electron chi connectivity index (χ2n) is 3.61. The summed E-state index contributed by atoms with van der Waals surface area (Å²) in [6.07, 6.45) is 0. The van der Waals surface area contributed by atoms with Crippen LogP contribution in [0.15, 0.2) is 29.2 Å². The number of thioether (sulfide) groups is 1. The molecule has 0 saturated carbocycles. The molecule has 0 saturated heterocycles. The van der Waals surface area contributed by atoms with Gasteiger partial charge in [0.1, 0.15) is 0 Å². The minimum atomic E-state index is 0.212. The number of carbonyl (C=O) groups is 1. The highest BCUT2D eigenvalue weighted by Crippen LogP contribution is 2.35. The number of anilines is 1. The lowest BCUT2D eigenvalue weighted by atomic mass is 10.2. The predicted octanol–water partition coefficient (Wildman–Crippen LogP) is 2.53. The van der Waals surface area contributed by atoms with Crippen LogP contribution in [0.3, 0.4) is 0 Å². The number of fused-ring (bicyclic) bond motifs is 1. The Hall–Kier alpha value is -0.960. The van der Waals surface area contributed by atoms with Crippen molar-refractivity contribution in [2.75, 3.05) is 10.7 Å². The maximum absolute atomic E-state index is 11.7. The van der Waals surface area contributed by atoms with Crippen LogP contribution in [0.25, 0.3) is 0 Å². The molecule has 1 aromatic carbocycles. The lowest BCUT2D eigenvalue weighted by Gasteiger charge is -2.32. The molecule has 74 valence electrons. The summed E-state index contributed by atoms with van der Waals surface area (Å²) in [4.78, 5) is 14.8. The summed E-state index contributed by atoms with van der Waals surface area (Å²) >= 11 is 1.63. The molecule has 3 heteroatoms. The number of nitrogens with zero attached hydrogens (tertiary/aromatic N) is 1. The van der Waals surface area contributed by atoms with Crippen LogP contribution in [-0.4, -0.2) is 17.7 Å². The molecule has 0 aliphatic carbocycles. The monoisotopic (exact) mass is 207 g/mol. The van der Waals surface area contributed by atoms with E-state index < -0.39 is 0 Å². The van der Waals surface area contributed by atoms with Gasteiger partial charge in [-0.15, -0.1) is 11.8 Å². The third-order valence-electron chi connectivity index (χ3n) is 2.26. The Kier molecular flexibility index (Phi) is 2.50. The molecule has 1 aliphatic heterocycles. The summed E-state index contributed by atoms with van der Waals surface area (Å²) in [6, 6.07) is 8.32. The van der Waals surface area contributed by atoms with Crippen LogP contribution >= 0.6 is 11.8 Å². The van der Waals surface area contributed by atoms with E-state index in [1.54, 1.807) is 11.8 Å². The zero-order chi connectivity index (χ0) is 10.1. The van der Waals surface area contributed by atoms with Gasteiger partial charge in [-0.1, -0.05) is 12.1 Å². The molecule has 0 N–H and O–H groups in total. The van der Waals surface area contributed by atoms with E-state index in [0.29, 0.717) is 5.75 Å². The van der Waals surface area contributed by atoms with Gasteiger partial charge in [-0.2, -0.15) is 0 Å². The molecule has 2 rings (SSSR count). The summed E-state index contributed by atoms with van der Waals surface area (Å²) in [5, 5.41) is 0. The van der Waals surface area contributed by atoms with E-state index in [1.807, 2.05) is 36.9 Å². The van der Waals surface area contributed by atoms with E-state index in [2.05, 4.69) is 6.07 Å². The summed E-state index contributed by atoms with van der Waals surface area (Å²) in [7, 11) is 0. The van der Waals surface area contributed by atoms with Crippen LogP contribution in [0.5, 0.6) is 0 Å². The number of carbonyl (C=O) groups excluding carboxylic acids is 1. The van der Waals surface area contributed by atoms with Crippen molar-refractivity contribution in [3.8, 4) is 0 Å². The maximum Gasteiger partial charge on any atom is 0.237 e. The SMILES string of the molecule is CC(C)N1C(=O)CSc2ccccc21. The van der Waals surface area contributed by atoms with Crippen LogP contribution in [0.1, 0.15) is 13.8 Å². The van der Waals surface area contributed by atoms with Gasteiger partial charge in [-0.05, 0) is 26.0 Å². The Labute approximate surface area is 88.3 Å². The van der Waals surface area contributed by atoms with Gasteiger partial charge in [-0.3, -0.25) is 4.79 Å². The molecule has 14 heavy (non-hydrogen) atoms. The molecule has 0 radical (unpaired) electrons. The number of rotatable bonds is 1. The van der Waals surface area contributed by atoms with E-state index in [0.717, 1.165) is 5.69 Å².